The average molecular weight is 257 g/mol. The van der Waals surface area contributed by atoms with E-state index in [1.165, 1.54) is 12.8 Å². The van der Waals surface area contributed by atoms with Gasteiger partial charge in [0.05, 0.1) is 0 Å². The Morgan fingerprint density at radius 2 is 1.84 bits per heavy atom. The first-order chi connectivity index (χ1) is 9.26. The molecule has 3 heteroatoms. The van der Waals surface area contributed by atoms with Crippen LogP contribution in [0.1, 0.15) is 33.6 Å². The van der Waals surface area contributed by atoms with Gasteiger partial charge < -0.3 is 5.32 Å². The second-order valence-corrected chi connectivity index (χ2v) is 4.97. The molecule has 1 unspecified atom stereocenters. The molecule has 0 amide bonds. The standard InChI is InChI=1S/C16H23N3/c1-4-14(5-2)13(3)18-16-17-11-12-19(16)15-9-7-6-8-10-15/h6-14H,4-5H2,1-3H3,(H,17,18). The van der Waals surface area contributed by atoms with Crippen LogP contribution >= 0.6 is 0 Å². The third-order valence-electron chi connectivity index (χ3n) is 3.79. The van der Waals surface area contributed by atoms with Crippen LogP contribution in [0, 0.1) is 5.92 Å². The van der Waals surface area contributed by atoms with Gasteiger partial charge in [0, 0.05) is 24.1 Å². The van der Waals surface area contributed by atoms with Gasteiger partial charge in [-0.2, -0.15) is 0 Å². The SMILES string of the molecule is CCC(CC)C(C)Nc1nccn1-c1ccccc1. The molecule has 0 bridgehead atoms. The van der Waals surface area contributed by atoms with Crippen LogP contribution in [0.2, 0.25) is 0 Å². The number of rotatable bonds is 6. The van der Waals surface area contributed by atoms with Crippen LogP contribution in [0.25, 0.3) is 5.69 Å². The fraction of sp³-hybridized carbons (Fsp3) is 0.438. The van der Waals surface area contributed by atoms with Crippen LogP contribution in [0.15, 0.2) is 42.7 Å². The predicted molar refractivity (Wildman–Crippen MR) is 80.7 cm³/mol. The van der Waals surface area contributed by atoms with Crippen LogP contribution < -0.4 is 5.32 Å². The Bertz CT molecular complexity index is 486. The quantitative estimate of drug-likeness (QED) is 0.844. The molecular formula is C16H23N3. The van der Waals surface area contributed by atoms with Gasteiger partial charge in [-0.05, 0) is 25.0 Å². The summed E-state index contributed by atoms with van der Waals surface area (Å²) in [6, 6.07) is 10.7. The molecule has 1 aromatic heterocycles. The number of nitrogens with one attached hydrogen (secondary N) is 1. The van der Waals surface area contributed by atoms with Gasteiger partial charge in [0.25, 0.3) is 0 Å². The summed E-state index contributed by atoms with van der Waals surface area (Å²) in [7, 11) is 0. The van der Waals surface area contributed by atoms with Crippen molar-refractivity contribution in [3.63, 3.8) is 0 Å². The molecule has 0 radical (unpaired) electrons. The maximum atomic E-state index is 4.44. The van der Waals surface area contributed by atoms with E-state index in [1.807, 2.05) is 30.6 Å². The van der Waals surface area contributed by atoms with Gasteiger partial charge >= 0.3 is 0 Å². The molecular weight excluding hydrogens is 234 g/mol. The third kappa shape index (κ3) is 3.16. The molecule has 1 N–H and O–H groups in total. The molecule has 0 spiro atoms. The number of imidazole rings is 1. The highest BCUT2D eigenvalue weighted by atomic mass is 15.2. The summed E-state index contributed by atoms with van der Waals surface area (Å²) in [5, 5.41) is 3.54. The normalized spacial score (nSPS) is 12.6. The van der Waals surface area contributed by atoms with Crippen molar-refractivity contribution in [1.82, 2.24) is 9.55 Å². The number of hydrogen-bond donors (Lipinski definition) is 1. The van der Waals surface area contributed by atoms with Crippen molar-refractivity contribution in [2.45, 2.75) is 39.7 Å². The highest BCUT2D eigenvalue weighted by Crippen LogP contribution is 2.19. The van der Waals surface area contributed by atoms with Gasteiger partial charge in [-0.25, -0.2) is 4.98 Å². The predicted octanol–water partition coefficient (Wildman–Crippen LogP) is 4.11. The molecule has 0 saturated heterocycles. The summed E-state index contributed by atoms with van der Waals surface area (Å²) in [5.74, 6) is 1.60. The summed E-state index contributed by atoms with van der Waals surface area (Å²) < 4.78 is 2.10. The lowest BCUT2D eigenvalue weighted by Gasteiger charge is -2.23. The number of hydrogen-bond acceptors (Lipinski definition) is 2. The van der Waals surface area contributed by atoms with Crippen molar-refractivity contribution in [1.29, 1.82) is 0 Å². The highest BCUT2D eigenvalue weighted by molar-refractivity contribution is 5.42. The van der Waals surface area contributed by atoms with Gasteiger partial charge in [0.2, 0.25) is 5.95 Å². The van der Waals surface area contributed by atoms with Crippen molar-refractivity contribution in [3.8, 4) is 5.69 Å². The van der Waals surface area contributed by atoms with Gasteiger partial charge in [-0.1, -0.05) is 44.9 Å². The Labute approximate surface area is 115 Å². The zero-order valence-corrected chi connectivity index (χ0v) is 12.0. The molecule has 0 saturated carbocycles. The first-order valence-corrected chi connectivity index (χ1v) is 7.11. The topological polar surface area (TPSA) is 29.9 Å². The van der Waals surface area contributed by atoms with Crippen molar-refractivity contribution < 1.29 is 0 Å². The van der Waals surface area contributed by atoms with E-state index in [9.17, 15) is 0 Å². The van der Waals surface area contributed by atoms with Crippen molar-refractivity contribution in [2.75, 3.05) is 5.32 Å². The van der Waals surface area contributed by atoms with Crippen LogP contribution in [0.5, 0.6) is 0 Å². The summed E-state index contributed by atoms with van der Waals surface area (Å²) in [6.45, 7) is 6.73. The number of anilines is 1. The van der Waals surface area contributed by atoms with Crippen LogP contribution in [0.3, 0.4) is 0 Å². The maximum absolute atomic E-state index is 4.44. The monoisotopic (exact) mass is 257 g/mol. The molecule has 2 rings (SSSR count). The lowest BCUT2D eigenvalue weighted by molar-refractivity contribution is 0.436. The molecule has 0 aliphatic carbocycles. The summed E-state index contributed by atoms with van der Waals surface area (Å²) >= 11 is 0. The number of benzene rings is 1. The van der Waals surface area contributed by atoms with Crippen molar-refractivity contribution in [3.05, 3.63) is 42.7 Å². The Kier molecular flexibility index (Phi) is 4.61. The van der Waals surface area contributed by atoms with Crippen LogP contribution in [-0.2, 0) is 0 Å². The fourth-order valence-electron chi connectivity index (χ4n) is 2.52. The molecule has 0 aliphatic heterocycles. The molecule has 2 aromatic rings. The van der Waals surface area contributed by atoms with E-state index >= 15 is 0 Å². The Hall–Kier alpha value is -1.77. The zero-order valence-electron chi connectivity index (χ0n) is 12.0. The fourth-order valence-corrected chi connectivity index (χ4v) is 2.52. The van der Waals surface area contributed by atoms with Crippen LogP contribution in [-0.4, -0.2) is 15.6 Å². The Morgan fingerprint density at radius 3 is 2.47 bits per heavy atom. The molecule has 102 valence electrons. The lowest BCUT2D eigenvalue weighted by atomic mass is 9.96. The second kappa shape index (κ2) is 6.41. The Balaban J connectivity index is 2.17. The summed E-state index contributed by atoms with van der Waals surface area (Å²) in [5.41, 5.74) is 1.14. The molecule has 1 aromatic carbocycles. The summed E-state index contributed by atoms with van der Waals surface area (Å²) in [4.78, 5) is 4.44. The van der Waals surface area contributed by atoms with Crippen molar-refractivity contribution in [2.24, 2.45) is 5.92 Å². The minimum atomic E-state index is 0.430. The number of para-hydroxylation sites is 1. The number of aromatic nitrogens is 2. The molecule has 0 fully saturated rings. The van der Waals surface area contributed by atoms with E-state index in [4.69, 9.17) is 0 Å². The van der Waals surface area contributed by atoms with E-state index in [0.717, 1.165) is 11.6 Å². The molecule has 3 nitrogen and oxygen atoms in total. The summed E-state index contributed by atoms with van der Waals surface area (Å²) in [6.07, 6.45) is 6.22. The molecule has 0 aliphatic rings. The minimum absolute atomic E-state index is 0.430. The van der Waals surface area contributed by atoms with E-state index in [-0.39, 0.29) is 0 Å². The van der Waals surface area contributed by atoms with Crippen molar-refractivity contribution >= 4 is 5.95 Å². The first kappa shape index (κ1) is 13.7. The molecule has 19 heavy (non-hydrogen) atoms. The molecule has 1 atom stereocenters. The lowest BCUT2D eigenvalue weighted by Crippen LogP contribution is -2.26. The minimum Gasteiger partial charge on any atom is -0.353 e. The van der Waals surface area contributed by atoms with Crippen LogP contribution in [0.4, 0.5) is 5.95 Å². The second-order valence-electron chi connectivity index (χ2n) is 4.97. The Morgan fingerprint density at radius 1 is 1.16 bits per heavy atom. The van der Waals surface area contributed by atoms with Gasteiger partial charge in [0.15, 0.2) is 0 Å². The van der Waals surface area contributed by atoms with Gasteiger partial charge in [0.1, 0.15) is 0 Å². The van der Waals surface area contributed by atoms with Gasteiger partial charge in [-0.15, -0.1) is 0 Å². The third-order valence-corrected chi connectivity index (χ3v) is 3.79. The smallest absolute Gasteiger partial charge is 0.207 e. The van der Waals surface area contributed by atoms with E-state index in [0.29, 0.717) is 12.0 Å². The average Bonchev–Trinajstić information content (AvgIpc) is 2.89. The zero-order chi connectivity index (χ0) is 13.7. The van der Waals surface area contributed by atoms with E-state index < -0.39 is 0 Å². The van der Waals surface area contributed by atoms with E-state index in [1.54, 1.807) is 0 Å². The maximum Gasteiger partial charge on any atom is 0.207 e. The molecule has 1 heterocycles. The first-order valence-electron chi connectivity index (χ1n) is 7.11. The number of nitrogens with zero attached hydrogens (tertiary/aromatic N) is 2. The highest BCUT2D eigenvalue weighted by Gasteiger charge is 2.15. The van der Waals surface area contributed by atoms with Gasteiger partial charge in [-0.3, -0.25) is 4.57 Å². The largest absolute Gasteiger partial charge is 0.353 e. The van der Waals surface area contributed by atoms with E-state index in [2.05, 4.69) is 47.8 Å².